The van der Waals surface area contributed by atoms with Crippen LogP contribution in [-0.4, -0.2) is 34.5 Å². The van der Waals surface area contributed by atoms with Crippen molar-refractivity contribution in [2.24, 2.45) is 5.92 Å². The summed E-state index contributed by atoms with van der Waals surface area (Å²) in [5.74, 6) is -0.531. The minimum Gasteiger partial charge on any atom is -0.464 e. The van der Waals surface area contributed by atoms with Gasteiger partial charge in [0.05, 0.1) is 12.7 Å². The Kier molecular flexibility index (Phi) is 4.74. The lowest BCUT2D eigenvalue weighted by Crippen LogP contribution is -2.48. The maximum absolute atomic E-state index is 11.6. The molecular weight excluding hydrogens is 208 g/mol. The molecule has 0 aromatic heterocycles. The Morgan fingerprint density at radius 1 is 1.50 bits per heavy atom. The van der Waals surface area contributed by atoms with Gasteiger partial charge in [-0.15, -0.1) is 0 Å². The van der Waals surface area contributed by atoms with Gasteiger partial charge in [0, 0.05) is 0 Å². The van der Waals surface area contributed by atoms with Crippen molar-refractivity contribution in [1.82, 2.24) is 0 Å². The molecule has 4 nitrogen and oxygen atoms in total. The molecule has 0 spiro atoms. The monoisotopic (exact) mass is 230 g/mol. The number of ether oxygens (including phenoxy) is 1. The van der Waals surface area contributed by atoms with Crippen molar-refractivity contribution in [2.45, 2.75) is 57.7 Å². The second-order valence-corrected chi connectivity index (χ2v) is 4.61. The lowest BCUT2D eigenvalue weighted by Gasteiger charge is -2.37. The van der Waals surface area contributed by atoms with Crippen LogP contribution in [0.2, 0.25) is 0 Å². The van der Waals surface area contributed by atoms with E-state index in [1.54, 1.807) is 6.92 Å². The Morgan fingerprint density at radius 2 is 2.19 bits per heavy atom. The third kappa shape index (κ3) is 2.95. The molecule has 1 aliphatic carbocycles. The highest BCUT2D eigenvalue weighted by molar-refractivity contribution is 5.79. The number of hydrogen-bond donors (Lipinski definition) is 2. The van der Waals surface area contributed by atoms with E-state index in [-0.39, 0.29) is 12.5 Å². The summed E-state index contributed by atoms with van der Waals surface area (Å²) in [6.07, 6.45) is 2.48. The van der Waals surface area contributed by atoms with E-state index in [4.69, 9.17) is 4.74 Å². The topological polar surface area (TPSA) is 66.8 Å². The second kappa shape index (κ2) is 5.64. The number of esters is 1. The van der Waals surface area contributed by atoms with Gasteiger partial charge in [-0.05, 0) is 38.5 Å². The molecule has 0 aliphatic heterocycles. The van der Waals surface area contributed by atoms with Crippen LogP contribution in [0.4, 0.5) is 0 Å². The van der Waals surface area contributed by atoms with Crippen LogP contribution in [0.3, 0.4) is 0 Å². The molecule has 0 aromatic carbocycles. The molecule has 2 N–H and O–H groups in total. The highest BCUT2D eigenvalue weighted by atomic mass is 16.5. The second-order valence-electron chi connectivity index (χ2n) is 4.61. The summed E-state index contributed by atoms with van der Waals surface area (Å²) in [7, 11) is 0. The zero-order valence-corrected chi connectivity index (χ0v) is 10.1. The molecule has 0 saturated heterocycles. The van der Waals surface area contributed by atoms with Crippen molar-refractivity contribution in [2.75, 3.05) is 6.61 Å². The van der Waals surface area contributed by atoms with Gasteiger partial charge >= 0.3 is 5.97 Å². The number of carbonyl (C=O) groups excluding carboxylic acids is 1. The molecule has 0 radical (unpaired) electrons. The van der Waals surface area contributed by atoms with Gasteiger partial charge in [-0.3, -0.25) is 0 Å². The van der Waals surface area contributed by atoms with Crippen molar-refractivity contribution in [1.29, 1.82) is 0 Å². The first kappa shape index (κ1) is 13.5. The molecule has 1 saturated carbocycles. The first-order valence-corrected chi connectivity index (χ1v) is 6.11. The molecule has 0 amide bonds. The fourth-order valence-corrected chi connectivity index (χ4v) is 2.41. The number of aliphatic hydroxyl groups is 2. The molecule has 4 heteroatoms. The van der Waals surface area contributed by atoms with E-state index in [1.807, 2.05) is 6.92 Å². The van der Waals surface area contributed by atoms with Gasteiger partial charge in [0.15, 0.2) is 5.60 Å². The zero-order valence-electron chi connectivity index (χ0n) is 10.1. The number of hydrogen-bond acceptors (Lipinski definition) is 4. The van der Waals surface area contributed by atoms with E-state index < -0.39 is 17.7 Å². The van der Waals surface area contributed by atoms with Crippen molar-refractivity contribution in [3.63, 3.8) is 0 Å². The average Bonchev–Trinajstić information content (AvgIpc) is 2.24. The van der Waals surface area contributed by atoms with E-state index in [0.717, 1.165) is 12.8 Å². The van der Waals surface area contributed by atoms with Gasteiger partial charge in [0.1, 0.15) is 0 Å². The van der Waals surface area contributed by atoms with Crippen molar-refractivity contribution >= 4 is 5.97 Å². The maximum atomic E-state index is 11.6. The van der Waals surface area contributed by atoms with E-state index in [2.05, 4.69) is 0 Å². The van der Waals surface area contributed by atoms with Crippen molar-refractivity contribution in [3.8, 4) is 0 Å². The molecule has 0 bridgehead atoms. The normalized spacial score (nSPS) is 34.8. The molecule has 3 atom stereocenters. The lowest BCUT2D eigenvalue weighted by atomic mass is 9.74. The van der Waals surface area contributed by atoms with Crippen LogP contribution in [0.25, 0.3) is 0 Å². The lowest BCUT2D eigenvalue weighted by molar-refractivity contribution is -0.174. The number of rotatable bonds is 4. The summed E-state index contributed by atoms with van der Waals surface area (Å²) in [4.78, 5) is 11.6. The maximum Gasteiger partial charge on any atom is 0.338 e. The molecule has 1 rings (SSSR count). The van der Waals surface area contributed by atoms with Crippen molar-refractivity contribution < 1.29 is 19.7 Å². The summed E-state index contributed by atoms with van der Waals surface area (Å²) in [5, 5.41) is 20.0. The highest BCUT2D eigenvalue weighted by Crippen LogP contribution is 2.35. The largest absolute Gasteiger partial charge is 0.464 e. The average molecular weight is 230 g/mol. The van der Waals surface area contributed by atoms with Gasteiger partial charge < -0.3 is 14.9 Å². The molecule has 0 aromatic rings. The van der Waals surface area contributed by atoms with E-state index >= 15 is 0 Å². The van der Waals surface area contributed by atoms with E-state index in [0.29, 0.717) is 19.3 Å². The molecule has 3 unspecified atom stereocenters. The van der Waals surface area contributed by atoms with Crippen LogP contribution in [-0.2, 0) is 9.53 Å². The predicted octanol–water partition coefficient (Wildman–Crippen LogP) is 1.24. The van der Waals surface area contributed by atoms with E-state index in [1.165, 1.54) is 0 Å². The quantitative estimate of drug-likeness (QED) is 0.713. The Morgan fingerprint density at radius 3 is 2.75 bits per heavy atom. The van der Waals surface area contributed by atoms with Gasteiger partial charge in [-0.1, -0.05) is 13.3 Å². The summed E-state index contributed by atoms with van der Waals surface area (Å²) in [6, 6.07) is 0. The minimum atomic E-state index is -1.38. The Bertz CT molecular complexity index is 241. The molecular formula is C12H22O4. The molecule has 16 heavy (non-hydrogen) atoms. The smallest absolute Gasteiger partial charge is 0.338 e. The SMILES string of the molecule is CCCC1CC(O)(C(=O)OCC)CCC1O. The zero-order chi connectivity index (χ0) is 12.2. The molecule has 1 fully saturated rings. The Hall–Kier alpha value is -0.610. The standard InChI is InChI=1S/C12H22O4/c1-3-5-9-8-12(15,7-6-10(9)13)11(14)16-4-2/h9-10,13,15H,3-8H2,1-2H3. The van der Waals surface area contributed by atoms with Gasteiger partial charge in [-0.2, -0.15) is 0 Å². The third-order valence-electron chi connectivity index (χ3n) is 3.31. The summed E-state index contributed by atoms with van der Waals surface area (Å²) < 4.78 is 4.88. The van der Waals surface area contributed by atoms with Gasteiger partial charge in [0.25, 0.3) is 0 Å². The third-order valence-corrected chi connectivity index (χ3v) is 3.31. The minimum absolute atomic E-state index is 0.00755. The Balaban J connectivity index is 2.65. The van der Waals surface area contributed by atoms with Crippen LogP contribution in [0.15, 0.2) is 0 Å². The number of aliphatic hydroxyl groups excluding tert-OH is 1. The van der Waals surface area contributed by atoms with Crippen LogP contribution in [0, 0.1) is 5.92 Å². The van der Waals surface area contributed by atoms with Gasteiger partial charge in [-0.25, -0.2) is 4.79 Å². The molecule has 1 aliphatic rings. The fourth-order valence-electron chi connectivity index (χ4n) is 2.41. The van der Waals surface area contributed by atoms with Gasteiger partial charge in [0.2, 0.25) is 0 Å². The molecule has 0 heterocycles. The number of carbonyl (C=O) groups is 1. The van der Waals surface area contributed by atoms with Crippen LogP contribution < -0.4 is 0 Å². The Labute approximate surface area is 96.6 Å². The first-order chi connectivity index (χ1) is 7.53. The molecule has 94 valence electrons. The van der Waals surface area contributed by atoms with Crippen molar-refractivity contribution in [3.05, 3.63) is 0 Å². The van der Waals surface area contributed by atoms with Crippen LogP contribution in [0.5, 0.6) is 0 Å². The highest BCUT2D eigenvalue weighted by Gasteiger charge is 2.44. The summed E-state index contributed by atoms with van der Waals surface area (Å²) in [6.45, 7) is 4.04. The predicted molar refractivity (Wildman–Crippen MR) is 59.8 cm³/mol. The van der Waals surface area contributed by atoms with Crippen LogP contribution >= 0.6 is 0 Å². The fraction of sp³-hybridized carbons (Fsp3) is 0.917. The summed E-state index contributed by atoms with van der Waals surface area (Å²) >= 11 is 0. The first-order valence-electron chi connectivity index (χ1n) is 6.11. The van der Waals surface area contributed by atoms with Crippen LogP contribution in [0.1, 0.15) is 46.0 Å². The summed E-state index contributed by atoms with van der Waals surface area (Å²) in [5.41, 5.74) is -1.38. The van der Waals surface area contributed by atoms with E-state index in [9.17, 15) is 15.0 Å².